The minimum absolute atomic E-state index is 0.118. The molecule has 2 fully saturated rings. The zero-order chi connectivity index (χ0) is 13.9. The maximum Gasteiger partial charge on any atom is 0.170 e. The van der Waals surface area contributed by atoms with Crippen LogP contribution in [-0.2, 0) is 14.3 Å². The van der Waals surface area contributed by atoms with Gasteiger partial charge in [-0.25, -0.2) is 0 Å². The summed E-state index contributed by atoms with van der Waals surface area (Å²) in [5.74, 6) is 0.302. The van der Waals surface area contributed by atoms with Crippen LogP contribution in [0.4, 0.5) is 0 Å². The van der Waals surface area contributed by atoms with Crippen molar-refractivity contribution in [3.8, 4) is 0 Å². The number of nitrogens with zero attached hydrogens (tertiary/aromatic N) is 2. The van der Waals surface area contributed by atoms with Crippen LogP contribution in [0.2, 0.25) is 0 Å². The molecule has 2 heterocycles. The Morgan fingerprint density at radius 3 is 1.58 bits per heavy atom. The van der Waals surface area contributed by atoms with E-state index in [1.807, 2.05) is 20.8 Å². The average molecular weight is 270 g/mol. The third-order valence-corrected chi connectivity index (χ3v) is 3.76. The largest absolute Gasteiger partial charge is 0.379 e. The van der Waals surface area contributed by atoms with E-state index in [1.54, 1.807) is 0 Å². The highest BCUT2D eigenvalue weighted by atomic mass is 16.5. The fraction of sp³-hybridized carbons (Fsp3) is 0.929. The lowest BCUT2D eigenvalue weighted by Gasteiger charge is -2.43. The lowest BCUT2D eigenvalue weighted by molar-refractivity contribution is -0.146. The molecular weight excluding hydrogens is 244 g/mol. The highest BCUT2D eigenvalue weighted by molar-refractivity contribution is 5.88. The molecular formula is C14H26N2O3. The first-order valence-corrected chi connectivity index (χ1v) is 7.18. The number of carbonyl (C=O) groups is 1. The molecule has 2 rings (SSSR count). The monoisotopic (exact) mass is 270 g/mol. The number of morpholine rings is 2. The van der Waals surface area contributed by atoms with E-state index in [4.69, 9.17) is 9.47 Å². The summed E-state index contributed by atoms with van der Waals surface area (Å²) in [7, 11) is 0. The first kappa shape index (κ1) is 14.9. The Morgan fingerprint density at radius 2 is 1.26 bits per heavy atom. The SMILES string of the molecule is CC(C)(C)C(=O)C(N1CCOCC1)N1CCOCC1. The second-order valence-electron chi connectivity index (χ2n) is 6.28. The molecule has 0 aromatic carbocycles. The molecule has 110 valence electrons. The van der Waals surface area contributed by atoms with Crippen molar-refractivity contribution in [2.75, 3.05) is 52.6 Å². The molecule has 0 spiro atoms. The van der Waals surface area contributed by atoms with Gasteiger partial charge < -0.3 is 9.47 Å². The van der Waals surface area contributed by atoms with Gasteiger partial charge in [-0.3, -0.25) is 14.6 Å². The highest BCUT2D eigenvalue weighted by Gasteiger charge is 2.38. The van der Waals surface area contributed by atoms with E-state index < -0.39 is 0 Å². The molecule has 0 bridgehead atoms. The number of Topliss-reactive ketones (excluding diaryl/α,β-unsaturated/α-hetero) is 1. The summed E-state index contributed by atoms with van der Waals surface area (Å²) in [5, 5.41) is 0. The summed E-state index contributed by atoms with van der Waals surface area (Å²) in [5.41, 5.74) is -0.318. The molecule has 0 aromatic rings. The Bertz CT molecular complexity index is 284. The van der Waals surface area contributed by atoms with E-state index in [9.17, 15) is 4.79 Å². The quantitative estimate of drug-likeness (QED) is 0.751. The second-order valence-corrected chi connectivity index (χ2v) is 6.28. The Kier molecular flexibility index (Phi) is 4.95. The first-order valence-electron chi connectivity index (χ1n) is 7.18. The summed E-state index contributed by atoms with van der Waals surface area (Å²) < 4.78 is 10.8. The van der Waals surface area contributed by atoms with E-state index in [0.29, 0.717) is 5.78 Å². The van der Waals surface area contributed by atoms with Crippen LogP contribution >= 0.6 is 0 Å². The van der Waals surface area contributed by atoms with Crippen molar-refractivity contribution in [2.45, 2.75) is 26.9 Å². The maximum atomic E-state index is 12.8. The van der Waals surface area contributed by atoms with Gasteiger partial charge in [-0.1, -0.05) is 20.8 Å². The highest BCUT2D eigenvalue weighted by Crippen LogP contribution is 2.23. The van der Waals surface area contributed by atoms with Gasteiger partial charge in [0.1, 0.15) is 6.17 Å². The van der Waals surface area contributed by atoms with Gasteiger partial charge in [0.15, 0.2) is 5.78 Å². The summed E-state index contributed by atoms with van der Waals surface area (Å²) >= 11 is 0. The third-order valence-electron chi connectivity index (χ3n) is 3.76. The fourth-order valence-corrected chi connectivity index (χ4v) is 2.59. The molecule has 0 aliphatic carbocycles. The fourth-order valence-electron chi connectivity index (χ4n) is 2.59. The number of ketones is 1. The van der Waals surface area contributed by atoms with Gasteiger partial charge in [-0.15, -0.1) is 0 Å². The first-order chi connectivity index (χ1) is 9.00. The lowest BCUT2D eigenvalue weighted by atomic mass is 9.87. The lowest BCUT2D eigenvalue weighted by Crippen LogP contribution is -2.60. The van der Waals surface area contributed by atoms with Crippen LogP contribution in [0.25, 0.3) is 0 Å². The number of ether oxygens (including phenoxy) is 2. The van der Waals surface area contributed by atoms with Crippen molar-refractivity contribution in [1.29, 1.82) is 0 Å². The number of rotatable bonds is 3. The normalized spacial score (nSPS) is 23.8. The van der Waals surface area contributed by atoms with Crippen molar-refractivity contribution in [3.05, 3.63) is 0 Å². The van der Waals surface area contributed by atoms with Crippen molar-refractivity contribution in [1.82, 2.24) is 9.80 Å². The van der Waals surface area contributed by atoms with E-state index in [2.05, 4.69) is 9.80 Å². The zero-order valence-electron chi connectivity index (χ0n) is 12.4. The van der Waals surface area contributed by atoms with Crippen molar-refractivity contribution >= 4 is 5.78 Å². The summed E-state index contributed by atoms with van der Waals surface area (Å²) in [6.07, 6.45) is -0.118. The van der Waals surface area contributed by atoms with E-state index >= 15 is 0 Å². The topological polar surface area (TPSA) is 42.0 Å². The molecule has 0 radical (unpaired) electrons. The standard InChI is InChI=1S/C14H26N2O3/c1-14(2,3)12(17)13(15-4-8-18-9-5-15)16-6-10-19-11-7-16/h13H,4-11H2,1-3H3. The van der Waals surface area contributed by atoms with Crippen molar-refractivity contribution < 1.29 is 14.3 Å². The van der Waals surface area contributed by atoms with Gasteiger partial charge >= 0.3 is 0 Å². The van der Waals surface area contributed by atoms with E-state index in [-0.39, 0.29) is 11.6 Å². The second kappa shape index (κ2) is 6.31. The predicted molar refractivity (Wildman–Crippen MR) is 73.0 cm³/mol. The van der Waals surface area contributed by atoms with Crippen molar-refractivity contribution in [3.63, 3.8) is 0 Å². The molecule has 0 saturated carbocycles. The van der Waals surface area contributed by atoms with Crippen LogP contribution in [0.1, 0.15) is 20.8 Å². The van der Waals surface area contributed by atoms with Crippen LogP contribution in [0, 0.1) is 5.41 Å². The molecule has 19 heavy (non-hydrogen) atoms. The van der Waals surface area contributed by atoms with Crippen LogP contribution in [0.5, 0.6) is 0 Å². The third kappa shape index (κ3) is 3.75. The number of carbonyl (C=O) groups excluding carboxylic acids is 1. The molecule has 0 atom stereocenters. The zero-order valence-corrected chi connectivity index (χ0v) is 12.4. The van der Waals surface area contributed by atoms with Crippen LogP contribution in [-0.4, -0.2) is 74.4 Å². The smallest absolute Gasteiger partial charge is 0.170 e. The van der Waals surface area contributed by atoms with Gasteiger partial charge in [0, 0.05) is 31.6 Å². The van der Waals surface area contributed by atoms with Gasteiger partial charge in [0.2, 0.25) is 0 Å². The van der Waals surface area contributed by atoms with E-state index in [0.717, 1.165) is 52.6 Å². The molecule has 2 aliphatic heterocycles. The van der Waals surface area contributed by atoms with Crippen LogP contribution in [0.3, 0.4) is 0 Å². The van der Waals surface area contributed by atoms with Crippen LogP contribution in [0.15, 0.2) is 0 Å². The average Bonchev–Trinajstić information content (AvgIpc) is 2.40. The minimum atomic E-state index is -0.318. The molecule has 0 N–H and O–H groups in total. The molecule has 0 amide bonds. The molecule has 0 unspecified atom stereocenters. The Morgan fingerprint density at radius 1 is 0.895 bits per heavy atom. The van der Waals surface area contributed by atoms with Crippen molar-refractivity contribution in [2.24, 2.45) is 5.41 Å². The van der Waals surface area contributed by atoms with Gasteiger partial charge in [0.05, 0.1) is 26.4 Å². The molecule has 0 aromatic heterocycles. The molecule has 5 heteroatoms. The number of hydrogen-bond donors (Lipinski definition) is 0. The Labute approximate surface area is 115 Å². The Balaban J connectivity index is 2.13. The van der Waals surface area contributed by atoms with E-state index in [1.165, 1.54) is 0 Å². The minimum Gasteiger partial charge on any atom is -0.379 e. The molecule has 5 nitrogen and oxygen atoms in total. The Hall–Kier alpha value is -0.490. The summed E-state index contributed by atoms with van der Waals surface area (Å²) in [6.45, 7) is 12.2. The molecule has 2 saturated heterocycles. The maximum absolute atomic E-state index is 12.8. The molecule has 2 aliphatic rings. The van der Waals surface area contributed by atoms with Gasteiger partial charge in [0.25, 0.3) is 0 Å². The summed E-state index contributed by atoms with van der Waals surface area (Å²) in [6, 6.07) is 0. The van der Waals surface area contributed by atoms with Gasteiger partial charge in [-0.2, -0.15) is 0 Å². The van der Waals surface area contributed by atoms with Crippen LogP contribution < -0.4 is 0 Å². The number of hydrogen-bond acceptors (Lipinski definition) is 5. The summed E-state index contributed by atoms with van der Waals surface area (Å²) in [4.78, 5) is 17.3. The van der Waals surface area contributed by atoms with Gasteiger partial charge in [-0.05, 0) is 0 Å². The predicted octanol–water partition coefficient (Wildman–Crippen LogP) is 0.592.